The van der Waals surface area contributed by atoms with Gasteiger partial charge in [0.1, 0.15) is 17.2 Å². The van der Waals surface area contributed by atoms with Crippen LogP contribution in [-0.4, -0.2) is 31.8 Å². The lowest BCUT2D eigenvalue weighted by Gasteiger charge is -2.40. The van der Waals surface area contributed by atoms with E-state index < -0.39 is 0 Å². The van der Waals surface area contributed by atoms with Crippen LogP contribution in [-0.2, 0) is 4.74 Å². The molecule has 3 aliphatic rings. The summed E-state index contributed by atoms with van der Waals surface area (Å²) in [5.74, 6) is 1.84. The van der Waals surface area contributed by atoms with Gasteiger partial charge in [-0.25, -0.2) is 4.79 Å². The molecule has 3 aliphatic carbocycles. The predicted molar refractivity (Wildman–Crippen MR) is 89.2 cm³/mol. The minimum Gasteiger partial charge on any atom is -0.496 e. The molecule has 2 atom stereocenters. The Morgan fingerprint density at radius 1 is 1.08 bits per heavy atom. The highest BCUT2D eigenvalue weighted by atomic mass is 16.5. The van der Waals surface area contributed by atoms with Crippen molar-refractivity contribution in [2.45, 2.75) is 31.6 Å². The average Bonchev–Trinajstić information content (AvgIpc) is 3.08. The standard InChI is InChI=1S/C19H21NO4/c1-4-24-19(21)18-15-11-6-5-10(12(15)9-20-18)16-13(22-2)7-8-14(23-3)17(11)16/h7-11,20H,4-6H2,1-3H3. The second-order valence-corrected chi connectivity index (χ2v) is 6.23. The Balaban J connectivity index is 1.92. The van der Waals surface area contributed by atoms with Gasteiger partial charge >= 0.3 is 5.97 Å². The van der Waals surface area contributed by atoms with Gasteiger partial charge in [0.25, 0.3) is 0 Å². The summed E-state index contributed by atoms with van der Waals surface area (Å²) in [5, 5.41) is 0. The number of hydrogen-bond donors (Lipinski definition) is 1. The number of carbonyl (C=O) groups is 1. The topological polar surface area (TPSA) is 60.6 Å². The van der Waals surface area contributed by atoms with Crippen LogP contribution in [0.25, 0.3) is 0 Å². The molecule has 0 saturated carbocycles. The summed E-state index contributed by atoms with van der Waals surface area (Å²) in [6, 6.07) is 3.92. The van der Waals surface area contributed by atoms with E-state index in [0.717, 1.165) is 35.5 Å². The Bertz CT molecular complexity index is 808. The van der Waals surface area contributed by atoms with Crippen LogP contribution in [0.5, 0.6) is 11.5 Å². The zero-order valence-electron chi connectivity index (χ0n) is 14.1. The van der Waals surface area contributed by atoms with Gasteiger partial charge < -0.3 is 19.2 Å². The van der Waals surface area contributed by atoms with Gasteiger partial charge in [-0.2, -0.15) is 0 Å². The maximum absolute atomic E-state index is 12.3. The van der Waals surface area contributed by atoms with Gasteiger partial charge in [-0.15, -0.1) is 0 Å². The van der Waals surface area contributed by atoms with Crippen molar-refractivity contribution in [3.05, 3.63) is 46.3 Å². The van der Waals surface area contributed by atoms with Crippen LogP contribution in [0, 0.1) is 0 Å². The van der Waals surface area contributed by atoms with Gasteiger partial charge in [-0.05, 0) is 43.0 Å². The Morgan fingerprint density at radius 3 is 2.33 bits per heavy atom. The van der Waals surface area contributed by atoms with Crippen molar-refractivity contribution in [3.63, 3.8) is 0 Å². The van der Waals surface area contributed by atoms with Crippen LogP contribution in [0.1, 0.15) is 64.3 Å². The molecule has 2 aromatic rings. The number of rotatable bonds is 4. The van der Waals surface area contributed by atoms with E-state index >= 15 is 0 Å². The maximum Gasteiger partial charge on any atom is 0.355 e. The highest BCUT2D eigenvalue weighted by Gasteiger charge is 2.44. The summed E-state index contributed by atoms with van der Waals surface area (Å²) in [7, 11) is 3.39. The first-order valence-electron chi connectivity index (χ1n) is 8.34. The minimum atomic E-state index is -0.283. The van der Waals surface area contributed by atoms with Crippen molar-refractivity contribution >= 4 is 5.97 Å². The lowest BCUT2D eigenvalue weighted by atomic mass is 9.64. The molecule has 1 aromatic heterocycles. The number of aromatic nitrogens is 1. The molecule has 1 N–H and O–H groups in total. The number of fused-ring (bicyclic) bond motifs is 1. The van der Waals surface area contributed by atoms with Crippen molar-refractivity contribution in [3.8, 4) is 11.5 Å². The van der Waals surface area contributed by atoms with Crippen LogP contribution in [0.15, 0.2) is 18.3 Å². The zero-order chi connectivity index (χ0) is 16.8. The van der Waals surface area contributed by atoms with E-state index in [0.29, 0.717) is 12.3 Å². The normalized spacial score (nSPS) is 20.3. The predicted octanol–water partition coefficient (Wildman–Crippen LogP) is 3.58. The summed E-state index contributed by atoms with van der Waals surface area (Å²) in [5.41, 5.74) is 5.20. The first kappa shape index (κ1) is 15.1. The lowest BCUT2D eigenvalue weighted by molar-refractivity contribution is 0.0518. The Labute approximate surface area is 140 Å². The number of carbonyl (C=O) groups excluding carboxylic acids is 1. The third kappa shape index (κ3) is 1.90. The highest BCUT2D eigenvalue weighted by molar-refractivity contribution is 5.91. The second-order valence-electron chi connectivity index (χ2n) is 6.23. The molecule has 0 spiro atoms. The van der Waals surface area contributed by atoms with Crippen LogP contribution in [0.2, 0.25) is 0 Å². The fourth-order valence-corrected chi connectivity index (χ4v) is 4.38. The molecule has 5 heteroatoms. The highest BCUT2D eigenvalue weighted by Crippen LogP contribution is 2.58. The summed E-state index contributed by atoms with van der Waals surface area (Å²) < 4.78 is 16.5. The number of aromatic amines is 1. The summed E-state index contributed by atoms with van der Waals surface area (Å²) >= 11 is 0. The molecule has 1 heterocycles. The molecule has 24 heavy (non-hydrogen) atoms. The zero-order valence-corrected chi connectivity index (χ0v) is 14.1. The second kappa shape index (κ2) is 5.58. The van der Waals surface area contributed by atoms with E-state index in [1.54, 1.807) is 14.2 Å². The smallest absolute Gasteiger partial charge is 0.355 e. The molecule has 5 rings (SSSR count). The molecule has 0 fully saturated rings. The fraction of sp³-hybridized carbons (Fsp3) is 0.421. The minimum absolute atomic E-state index is 0.135. The van der Waals surface area contributed by atoms with Gasteiger partial charge in [0, 0.05) is 29.2 Å². The third-order valence-corrected chi connectivity index (χ3v) is 5.24. The molecule has 2 bridgehead atoms. The van der Waals surface area contributed by atoms with Crippen molar-refractivity contribution in [2.24, 2.45) is 0 Å². The van der Waals surface area contributed by atoms with Crippen molar-refractivity contribution in [1.29, 1.82) is 0 Å². The Hall–Kier alpha value is -2.43. The molecular formula is C19H21NO4. The van der Waals surface area contributed by atoms with Gasteiger partial charge in [0.15, 0.2) is 0 Å². The SMILES string of the molecule is CCOC(=O)c1[nH]cc2c1C1CCC2c2c(OC)ccc(OC)c21. The lowest BCUT2D eigenvalue weighted by Crippen LogP contribution is -2.26. The largest absolute Gasteiger partial charge is 0.496 e. The first-order valence-corrected chi connectivity index (χ1v) is 8.34. The van der Waals surface area contributed by atoms with Gasteiger partial charge in [-0.1, -0.05) is 0 Å². The third-order valence-electron chi connectivity index (χ3n) is 5.24. The summed E-state index contributed by atoms with van der Waals surface area (Å²) in [6.45, 7) is 2.19. The molecule has 0 radical (unpaired) electrons. The molecule has 126 valence electrons. The molecule has 0 amide bonds. The first-order chi connectivity index (χ1) is 11.7. The number of nitrogens with one attached hydrogen (secondary N) is 1. The molecular weight excluding hydrogens is 306 g/mol. The maximum atomic E-state index is 12.3. The fourth-order valence-electron chi connectivity index (χ4n) is 4.38. The van der Waals surface area contributed by atoms with E-state index in [1.807, 2.05) is 25.3 Å². The van der Waals surface area contributed by atoms with E-state index in [2.05, 4.69) is 4.98 Å². The number of benzene rings is 1. The molecule has 0 saturated heterocycles. The monoisotopic (exact) mass is 327 g/mol. The summed E-state index contributed by atoms with van der Waals surface area (Å²) in [4.78, 5) is 15.5. The van der Waals surface area contributed by atoms with Crippen LogP contribution >= 0.6 is 0 Å². The Kier molecular flexibility index (Phi) is 3.52. The average molecular weight is 327 g/mol. The van der Waals surface area contributed by atoms with Crippen LogP contribution in [0.4, 0.5) is 0 Å². The molecule has 5 nitrogen and oxygen atoms in total. The number of ether oxygens (including phenoxy) is 3. The summed E-state index contributed by atoms with van der Waals surface area (Å²) in [6.07, 6.45) is 4.01. The van der Waals surface area contributed by atoms with Crippen LogP contribution in [0.3, 0.4) is 0 Å². The van der Waals surface area contributed by atoms with Crippen LogP contribution < -0.4 is 9.47 Å². The number of esters is 1. The quantitative estimate of drug-likeness (QED) is 0.872. The van der Waals surface area contributed by atoms with E-state index in [9.17, 15) is 4.79 Å². The van der Waals surface area contributed by atoms with Crippen molar-refractivity contribution in [1.82, 2.24) is 4.98 Å². The molecule has 2 unspecified atom stereocenters. The Morgan fingerprint density at radius 2 is 1.71 bits per heavy atom. The van der Waals surface area contributed by atoms with Gasteiger partial charge in [0.2, 0.25) is 0 Å². The van der Waals surface area contributed by atoms with Gasteiger partial charge in [0.05, 0.1) is 20.8 Å². The van der Waals surface area contributed by atoms with Crippen molar-refractivity contribution in [2.75, 3.05) is 20.8 Å². The van der Waals surface area contributed by atoms with E-state index in [4.69, 9.17) is 14.2 Å². The van der Waals surface area contributed by atoms with E-state index in [1.165, 1.54) is 11.1 Å². The van der Waals surface area contributed by atoms with E-state index in [-0.39, 0.29) is 17.8 Å². The van der Waals surface area contributed by atoms with Gasteiger partial charge in [-0.3, -0.25) is 0 Å². The number of methoxy groups -OCH3 is 2. The number of H-pyrrole nitrogens is 1. The van der Waals surface area contributed by atoms with Crippen molar-refractivity contribution < 1.29 is 19.0 Å². The molecule has 0 aliphatic heterocycles. The number of hydrogen-bond acceptors (Lipinski definition) is 4. The molecule has 1 aromatic carbocycles.